The summed E-state index contributed by atoms with van der Waals surface area (Å²) in [5, 5.41) is 10.6. The van der Waals surface area contributed by atoms with Gasteiger partial charge in [0.05, 0.1) is 31.9 Å². The van der Waals surface area contributed by atoms with Crippen molar-refractivity contribution in [2.45, 2.75) is 23.7 Å². The number of rotatable bonds is 10. The number of methoxy groups -OCH3 is 2. The molecule has 0 radical (unpaired) electrons. The van der Waals surface area contributed by atoms with Crippen LogP contribution in [0, 0.1) is 0 Å². The zero-order valence-corrected chi connectivity index (χ0v) is 19.3. The van der Waals surface area contributed by atoms with Crippen LogP contribution in [0.1, 0.15) is 13.3 Å². The number of thioether (sulfide) groups is 1. The standard InChI is InChI=1S/C17H22N4O6S3/c1-5-13(21(30(4,24)25)11-6-8-12(26-2)9-7-11)15(23)18-16-19-20-17(29-16)28-10-14(22)27-3/h6-9,13H,5,10H2,1-4H3,(H,18,19,23)/t13-/m0/s1. The molecule has 1 aromatic heterocycles. The molecule has 164 valence electrons. The maximum Gasteiger partial charge on any atom is 0.316 e. The molecular weight excluding hydrogens is 452 g/mol. The van der Waals surface area contributed by atoms with Gasteiger partial charge >= 0.3 is 5.97 Å². The zero-order valence-electron chi connectivity index (χ0n) is 16.8. The van der Waals surface area contributed by atoms with Crippen molar-refractivity contribution in [3.63, 3.8) is 0 Å². The van der Waals surface area contributed by atoms with Gasteiger partial charge in [0, 0.05) is 0 Å². The third kappa shape index (κ3) is 6.31. The topological polar surface area (TPSA) is 128 Å². The van der Waals surface area contributed by atoms with Gasteiger partial charge in [-0.25, -0.2) is 8.42 Å². The molecule has 0 saturated heterocycles. The van der Waals surface area contributed by atoms with Crippen molar-refractivity contribution in [3.8, 4) is 5.75 Å². The lowest BCUT2D eigenvalue weighted by Gasteiger charge is -2.29. The van der Waals surface area contributed by atoms with Crippen molar-refractivity contribution in [2.75, 3.05) is 35.9 Å². The Morgan fingerprint density at radius 3 is 2.43 bits per heavy atom. The van der Waals surface area contributed by atoms with Gasteiger partial charge in [-0.2, -0.15) is 0 Å². The third-order valence-corrected chi connectivity index (χ3v) is 6.96. The van der Waals surface area contributed by atoms with E-state index in [0.717, 1.165) is 33.7 Å². The van der Waals surface area contributed by atoms with E-state index in [-0.39, 0.29) is 17.3 Å². The highest BCUT2D eigenvalue weighted by molar-refractivity contribution is 8.01. The lowest BCUT2D eigenvalue weighted by atomic mass is 10.2. The molecule has 0 aliphatic carbocycles. The quantitative estimate of drug-likeness (QED) is 0.312. The van der Waals surface area contributed by atoms with E-state index >= 15 is 0 Å². The van der Waals surface area contributed by atoms with Crippen molar-refractivity contribution >= 4 is 55.8 Å². The van der Waals surface area contributed by atoms with Crippen LogP contribution in [-0.4, -0.2) is 62.8 Å². The number of sulfonamides is 1. The van der Waals surface area contributed by atoms with Crippen LogP contribution in [0.15, 0.2) is 28.6 Å². The van der Waals surface area contributed by atoms with E-state index < -0.39 is 27.9 Å². The average Bonchev–Trinajstić information content (AvgIpc) is 3.16. The second-order valence-corrected chi connectivity index (χ2v) is 9.97. The second kappa shape index (κ2) is 10.6. The summed E-state index contributed by atoms with van der Waals surface area (Å²) in [6, 6.07) is 5.38. The first-order chi connectivity index (χ1) is 14.2. The van der Waals surface area contributed by atoms with E-state index in [1.807, 2.05) is 0 Å². The molecule has 0 aliphatic heterocycles. The Bertz CT molecular complexity index is 978. The highest BCUT2D eigenvalue weighted by Crippen LogP contribution is 2.28. The largest absolute Gasteiger partial charge is 0.497 e. The minimum atomic E-state index is -3.76. The highest BCUT2D eigenvalue weighted by atomic mass is 32.2. The maximum absolute atomic E-state index is 12.9. The first kappa shape index (κ1) is 23.9. The number of amides is 1. The molecule has 2 rings (SSSR count). The fourth-order valence-electron chi connectivity index (χ4n) is 2.48. The van der Waals surface area contributed by atoms with Crippen LogP contribution in [0.4, 0.5) is 10.8 Å². The number of nitrogens with zero attached hydrogens (tertiary/aromatic N) is 3. The van der Waals surface area contributed by atoms with Crippen LogP contribution in [0.2, 0.25) is 0 Å². The van der Waals surface area contributed by atoms with Crippen LogP contribution in [-0.2, 0) is 24.3 Å². The highest BCUT2D eigenvalue weighted by Gasteiger charge is 2.32. The van der Waals surface area contributed by atoms with Crippen molar-refractivity contribution in [2.24, 2.45) is 0 Å². The molecule has 0 bridgehead atoms. The maximum atomic E-state index is 12.9. The van der Waals surface area contributed by atoms with Gasteiger partial charge in [-0.1, -0.05) is 30.0 Å². The number of nitrogens with one attached hydrogen (secondary N) is 1. The lowest BCUT2D eigenvalue weighted by Crippen LogP contribution is -2.46. The smallest absolute Gasteiger partial charge is 0.316 e. The summed E-state index contributed by atoms with van der Waals surface area (Å²) in [6.45, 7) is 1.71. The number of hydrogen-bond acceptors (Lipinski definition) is 10. The van der Waals surface area contributed by atoms with Gasteiger partial charge in [0.25, 0.3) is 0 Å². The molecular formula is C17H22N4O6S3. The summed E-state index contributed by atoms with van der Waals surface area (Å²) >= 11 is 2.21. The third-order valence-electron chi connectivity index (χ3n) is 3.83. The molecule has 0 unspecified atom stereocenters. The summed E-state index contributed by atoms with van der Waals surface area (Å²) in [7, 11) is -0.966. The van der Waals surface area contributed by atoms with Gasteiger partial charge in [-0.3, -0.25) is 19.2 Å². The molecule has 0 saturated carbocycles. The van der Waals surface area contributed by atoms with E-state index in [2.05, 4.69) is 20.3 Å². The second-order valence-electron chi connectivity index (χ2n) is 5.91. The van der Waals surface area contributed by atoms with E-state index in [1.54, 1.807) is 31.2 Å². The normalized spacial score (nSPS) is 12.1. The predicted molar refractivity (Wildman–Crippen MR) is 116 cm³/mol. The van der Waals surface area contributed by atoms with Crippen molar-refractivity contribution in [3.05, 3.63) is 24.3 Å². The summed E-state index contributed by atoms with van der Waals surface area (Å²) in [6.07, 6.45) is 1.27. The van der Waals surface area contributed by atoms with Crippen LogP contribution >= 0.6 is 23.1 Å². The predicted octanol–water partition coefficient (Wildman–Crippen LogP) is 2.00. The van der Waals surface area contributed by atoms with Gasteiger partial charge in [0.2, 0.25) is 21.1 Å². The van der Waals surface area contributed by atoms with E-state index in [0.29, 0.717) is 15.8 Å². The Morgan fingerprint density at radius 2 is 1.90 bits per heavy atom. The molecule has 10 nitrogen and oxygen atoms in total. The number of carbonyl (C=O) groups is 2. The van der Waals surface area contributed by atoms with Crippen LogP contribution in [0.5, 0.6) is 5.75 Å². The fraction of sp³-hybridized carbons (Fsp3) is 0.412. The number of esters is 1. The Kier molecular flexibility index (Phi) is 8.43. The molecule has 1 aromatic carbocycles. The fourth-order valence-corrected chi connectivity index (χ4v) is 5.28. The first-order valence-electron chi connectivity index (χ1n) is 8.67. The van der Waals surface area contributed by atoms with Gasteiger partial charge in [-0.05, 0) is 30.7 Å². The SMILES string of the molecule is CC[C@@H](C(=O)Nc1nnc(SCC(=O)OC)s1)N(c1ccc(OC)cc1)S(C)(=O)=O. The molecule has 1 amide bonds. The summed E-state index contributed by atoms with van der Waals surface area (Å²) in [5.74, 6) is -0.319. The first-order valence-corrected chi connectivity index (χ1v) is 12.3. The molecule has 0 fully saturated rings. The summed E-state index contributed by atoms with van der Waals surface area (Å²) in [5.41, 5.74) is 0.340. The van der Waals surface area contributed by atoms with E-state index in [4.69, 9.17) is 4.74 Å². The number of anilines is 2. The average molecular weight is 475 g/mol. The van der Waals surface area contributed by atoms with Crippen molar-refractivity contribution in [1.82, 2.24) is 10.2 Å². The van der Waals surface area contributed by atoms with Gasteiger partial charge in [0.1, 0.15) is 11.8 Å². The lowest BCUT2D eigenvalue weighted by molar-refractivity contribution is -0.137. The van der Waals surface area contributed by atoms with Crippen molar-refractivity contribution < 1.29 is 27.5 Å². The van der Waals surface area contributed by atoms with Gasteiger partial charge < -0.3 is 9.47 Å². The van der Waals surface area contributed by atoms with E-state index in [9.17, 15) is 18.0 Å². The Morgan fingerprint density at radius 1 is 1.23 bits per heavy atom. The Hall–Kier alpha value is -2.38. The monoisotopic (exact) mass is 474 g/mol. The van der Waals surface area contributed by atoms with Crippen LogP contribution in [0.3, 0.4) is 0 Å². The van der Waals surface area contributed by atoms with Gasteiger partial charge in [0.15, 0.2) is 4.34 Å². The summed E-state index contributed by atoms with van der Waals surface area (Å²) < 4.78 is 36.1. The molecule has 1 heterocycles. The minimum absolute atomic E-state index is 0.0655. The molecule has 0 aliphatic rings. The number of ether oxygens (including phenoxy) is 2. The molecule has 1 N–H and O–H groups in total. The summed E-state index contributed by atoms with van der Waals surface area (Å²) in [4.78, 5) is 24.1. The Labute approximate surface area is 183 Å². The number of hydrogen-bond donors (Lipinski definition) is 1. The van der Waals surface area contributed by atoms with Crippen LogP contribution in [0.25, 0.3) is 0 Å². The molecule has 0 spiro atoms. The molecule has 30 heavy (non-hydrogen) atoms. The molecule has 2 aromatic rings. The number of benzene rings is 1. The van der Waals surface area contributed by atoms with Crippen LogP contribution < -0.4 is 14.4 Å². The molecule has 13 heteroatoms. The zero-order chi connectivity index (χ0) is 22.3. The minimum Gasteiger partial charge on any atom is -0.497 e. The number of aromatic nitrogens is 2. The van der Waals surface area contributed by atoms with E-state index in [1.165, 1.54) is 14.2 Å². The van der Waals surface area contributed by atoms with Gasteiger partial charge in [-0.15, -0.1) is 10.2 Å². The van der Waals surface area contributed by atoms with Crippen molar-refractivity contribution in [1.29, 1.82) is 0 Å². The molecule has 1 atom stereocenters. The number of carbonyl (C=O) groups excluding carboxylic acids is 2. The Balaban J connectivity index is 2.19.